The minimum absolute atomic E-state index is 0.0167. The average molecular weight is 487 g/mol. The Labute approximate surface area is 205 Å². The molecule has 0 heterocycles. The zero-order valence-electron chi connectivity index (χ0n) is 19.9. The molecule has 0 radical (unpaired) electrons. The molecule has 3 N–H and O–H groups in total. The van der Waals surface area contributed by atoms with Crippen molar-refractivity contribution in [2.24, 2.45) is 5.73 Å². The Bertz CT molecular complexity index is 892. The Hall–Kier alpha value is -2.82. The summed E-state index contributed by atoms with van der Waals surface area (Å²) in [5, 5.41) is 2.69. The van der Waals surface area contributed by atoms with Gasteiger partial charge in [-0.15, -0.1) is 0 Å². The average Bonchev–Trinajstić information content (AvgIpc) is 3.20. The molecule has 190 valence electrons. The topological polar surface area (TPSA) is 118 Å². The van der Waals surface area contributed by atoms with Gasteiger partial charge in [0.05, 0.1) is 39.6 Å². The highest BCUT2D eigenvalue weighted by molar-refractivity contribution is 5.79. The molecule has 0 aromatic heterocycles. The van der Waals surface area contributed by atoms with Crippen molar-refractivity contribution in [1.82, 2.24) is 5.32 Å². The van der Waals surface area contributed by atoms with Crippen molar-refractivity contribution in [2.45, 2.75) is 5.92 Å². The van der Waals surface area contributed by atoms with Gasteiger partial charge in [0.25, 0.3) is 0 Å². The lowest BCUT2D eigenvalue weighted by Crippen LogP contribution is -2.31. The van der Waals surface area contributed by atoms with Gasteiger partial charge in [0, 0.05) is 19.0 Å². The van der Waals surface area contributed by atoms with Crippen LogP contribution < -0.4 is 11.1 Å². The van der Waals surface area contributed by atoms with Crippen LogP contribution in [0.15, 0.2) is 48.5 Å². The van der Waals surface area contributed by atoms with Crippen molar-refractivity contribution in [2.75, 3.05) is 72.6 Å². The highest BCUT2D eigenvalue weighted by Crippen LogP contribution is 2.44. The minimum atomic E-state index is -0.432. The Morgan fingerprint density at radius 1 is 0.743 bits per heavy atom. The maximum atomic E-state index is 12.1. The molecule has 9 heteroatoms. The van der Waals surface area contributed by atoms with Gasteiger partial charge in [-0.3, -0.25) is 4.79 Å². The fraction of sp³-hybridized carbons (Fsp3) is 0.462. The van der Waals surface area contributed by atoms with Crippen LogP contribution in [0.4, 0.5) is 0 Å². The number of esters is 1. The molecule has 1 aliphatic rings. The van der Waals surface area contributed by atoms with Crippen molar-refractivity contribution in [3.05, 3.63) is 59.7 Å². The van der Waals surface area contributed by atoms with E-state index in [1.807, 2.05) is 24.3 Å². The Kier molecular flexibility index (Phi) is 11.7. The number of benzene rings is 2. The van der Waals surface area contributed by atoms with Crippen LogP contribution in [-0.4, -0.2) is 84.4 Å². The van der Waals surface area contributed by atoms with Crippen molar-refractivity contribution in [3.8, 4) is 11.1 Å². The summed E-state index contributed by atoms with van der Waals surface area (Å²) in [6, 6.07) is 16.4. The molecule has 3 rings (SSSR count). The number of hydrogen-bond donors (Lipinski definition) is 2. The molecule has 0 atom stereocenters. The third-order valence-electron chi connectivity index (χ3n) is 5.40. The summed E-state index contributed by atoms with van der Waals surface area (Å²) in [5.41, 5.74) is 10.0. The van der Waals surface area contributed by atoms with Crippen molar-refractivity contribution in [3.63, 3.8) is 0 Å². The van der Waals surface area contributed by atoms with E-state index < -0.39 is 5.97 Å². The van der Waals surface area contributed by atoms with Crippen LogP contribution in [0.1, 0.15) is 17.0 Å². The van der Waals surface area contributed by atoms with E-state index in [4.69, 9.17) is 29.4 Å². The second kappa shape index (κ2) is 15.2. The smallest absolute Gasteiger partial charge is 0.332 e. The van der Waals surface area contributed by atoms with Gasteiger partial charge in [0.15, 0.2) is 0 Å². The maximum Gasteiger partial charge on any atom is 0.332 e. The highest BCUT2D eigenvalue weighted by Gasteiger charge is 2.28. The summed E-state index contributed by atoms with van der Waals surface area (Å²) in [6.07, 6.45) is 0. The zero-order chi connectivity index (χ0) is 24.7. The molecule has 35 heavy (non-hydrogen) atoms. The van der Waals surface area contributed by atoms with E-state index in [1.165, 1.54) is 11.1 Å². The Morgan fingerprint density at radius 2 is 1.31 bits per heavy atom. The SMILES string of the molecule is NCCOCCOCCNC(=O)COCCOCC(=O)OCC1c2ccccc2-c2ccccc21. The Morgan fingerprint density at radius 3 is 1.97 bits per heavy atom. The molecule has 1 aliphatic carbocycles. The number of amides is 1. The molecule has 0 saturated carbocycles. The number of ether oxygens (including phenoxy) is 5. The lowest BCUT2D eigenvalue weighted by molar-refractivity contribution is -0.150. The van der Waals surface area contributed by atoms with Crippen molar-refractivity contribution < 1.29 is 33.3 Å². The van der Waals surface area contributed by atoms with Crippen molar-refractivity contribution >= 4 is 11.9 Å². The summed E-state index contributed by atoms with van der Waals surface area (Å²) in [7, 11) is 0. The fourth-order valence-corrected chi connectivity index (χ4v) is 3.81. The van der Waals surface area contributed by atoms with Crippen LogP contribution in [-0.2, 0) is 33.3 Å². The van der Waals surface area contributed by atoms with E-state index in [0.717, 1.165) is 11.1 Å². The predicted molar refractivity (Wildman–Crippen MR) is 130 cm³/mol. The van der Waals surface area contributed by atoms with Gasteiger partial charge in [-0.2, -0.15) is 0 Å². The number of rotatable bonds is 17. The number of fused-ring (bicyclic) bond motifs is 3. The zero-order valence-corrected chi connectivity index (χ0v) is 19.9. The molecule has 9 nitrogen and oxygen atoms in total. The molecular weight excluding hydrogens is 452 g/mol. The highest BCUT2D eigenvalue weighted by atomic mass is 16.6. The Balaban J connectivity index is 1.21. The summed E-state index contributed by atoms with van der Waals surface area (Å²) < 4.78 is 26.5. The van der Waals surface area contributed by atoms with E-state index in [1.54, 1.807) is 0 Å². The monoisotopic (exact) mass is 486 g/mol. The molecule has 1 amide bonds. The van der Waals surface area contributed by atoms with E-state index in [0.29, 0.717) is 39.5 Å². The number of carbonyl (C=O) groups is 2. The number of hydrogen-bond acceptors (Lipinski definition) is 8. The normalized spacial score (nSPS) is 12.3. The first kappa shape index (κ1) is 26.8. The van der Waals surface area contributed by atoms with Gasteiger partial charge in [-0.05, 0) is 22.3 Å². The first-order chi connectivity index (χ1) is 17.2. The van der Waals surface area contributed by atoms with Gasteiger partial charge in [0.1, 0.15) is 19.8 Å². The quantitative estimate of drug-likeness (QED) is 0.255. The standard InChI is InChI=1S/C26H34N2O7/c27-9-11-31-13-14-32-12-10-28-25(29)18-33-15-16-34-19-26(30)35-17-24-22-7-3-1-5-20(22)21-6-2-4-8-23(21)24/h1-8,24H,9-19,27H2,(H,28,29). The van der Waals surface area contributed by atoms with Gasteiger partial charge in [0.2, 0.25) is 5.91 Å². The summed E-state index contributed by atoms with van der Waals surface area (Å²) in [4.78, 5) is 23.8. The first-order valence-electron chi connectivity index (χ1n) is 11.8. The minimum Gasteiger partial charge on any atom is -0.463 e. The number of carbonyl (C=O) groups excluding carboxylic acids is 2. The molecule has 0 fully saturated rings. The third-order valence-corrected chi connectivity index (χ3v) is 5.40. The van der Waals surface area contributed by atoms with E-state index in [2.05, 4.69) is 29.6 Å². The number of nitrogens with one attached hydrogen (secondary N) is 1. The van der Waals surface area contributed by atoms with Gasteiger partial charge in [-0.1, -0.05) is 48.5 Å². The van der Waals surface area contributed by atoms with Crippen LogP contribution in [0.2, 0.25) is 0 Å². The van der Waals surface area contributed by atoms with Gasteiger partial charge >= 0.3 is 5.97 Å². The van der Waals surface area contributed by atoms with Gasteiger partial charge in [-0.25, -0.2) is 4.79 Å². The second-order valence-corrected chi connectivity index (χ2v) is 7.88. The summed E-state index contributed by atoms with van der Waals surface area (Å²) >= 11 is 0. The predicted octanol–water partition coefficient (Wildman–Crippen LogP) is 1.48. The second-order valence-electron chi connectivity index (χ2n) is 7.88. The molecular formula is C26H34N2O7. The van der Waals surface area contributed by atoms with Crippen LogP contribution in [0, 0.1) is 0 Å². The number of nitrogens with two attached hydrogens (primary N) is 1. The van der Waals surface area contributed by atoms with E-state index >= 15 is 0 Å². The van der Waals surface area contributed by atoms with Crippen LogP contribution >= 0.6 is 0 Å². The van der Waals surface area contributed by atoms with Crippen LogP contribution in [0.25, 0.3) is 11.1 Å². The van der Waals surface area contributed by atoms with Crippen molar-refractivity contribution in [1.29, 1.82) is 0 Å². The van der Waals surface area contributed by atoms with E-state index in [9.17, 15) is 9.59 Å². The van der Waals surface area contributed by atoms with Gasteiger partial charge < -0.3 is 34.7 Å². The lowest BCUT2D eigenvalue weighted by Gasteiger charge is -2.14. The molecule has 2 aromatic rings. The molecule has 0 spiro atoms. The fourth-order valence-electron chi connectivity index (χ4n) is 3.81. The molecule has 0 unspecified atom stereocenters. The molecule has 0 bridgehead atoms. The lowest BCUT2D eigenvalue weighted by atomic mass is 9.98. The molecule has 2 aromatic carbocycles. The van der Waals surface area contributed by atoms with Crippen LogP contribution in [0.5, 0.6) is 0 Å². The summed E-state index contributed by atoms with van der Waals surface area (Å²) in [6.45, 7) is 3.07. The maximum absolute atomic E-state index is 12.1. The van der Waals surface area contributed by atoms with E-state index in [-0.39, 0.29) is 44.9 Å². The third kappa shape index (κ3) is 8.72. The molecule has 0 aliphatic heterocycles. The van der Waals surface area contributed by atoms with Crippen LogP contribution in [0.3, 0.4) is 0 Å². The first-order valence-corrected chi connectivity index (χ1v) is 11.8. The largest absolute Gasteiger partial charge is 0.463 e. The summed E-state index contributed by atoms with van der Waals surface area (Å²) in [5.74, 6) is -0.661. The molecule has 0 saturated heterocycles.